The summed E-state index contributed by atoms with van der Waals surface area (Å²) >= 11 is 0. The van der Waals surface area contributed by atoms with Gasteiger partial charge in [0.2, 0.25) is 0 Å². The molecule has 5 rings (SSSR count). The number of carbonyl (C=O) groups excluding carboxylic acids is 2. The summed E-state index contributed by atoms with van der Waals surface area (Å²) in [4.78, 5) is 30.5. The summed E-state index contributed by atoms with van der Waals surface area (Å²) < 4.78 is 13.6. The Morgan fingerprint density at radius 3 is 2.23 bits per heavy atom. The average Bonchev–Trinajstić information content (AvgIpc) is 3.26. The van der Waals surface area contributed by atoms with Crippen molar-refractivity contribution in [3.8, 4) is 0 Å². The van der Waals surface area contributed by atoms with Crippen molar-refractivity contribution in [2.45, 2.75) is 20.3 Å². The topological polar surface area (TPSA) is 40.6 Å². The van der Waals surface area contributed by atoms with E-state index in [0.717, 1.165) is 28.8 Å². The molecular formula is C26H21FN2O2. The van der Waals surface area contributed by atoms with Crippen LogP contribution in [0.25, 0.3) is 5.57 Å². The molecule has 0 spiro atoms. The van der Waals surface area contributed by atoms with Crippen LogP contribution in [0.2, 0.25) is 0 Å². The smallest absolute Gasteiger partial charge is 0.282 e. The number of carbonyl (C=O) groups is 2. The molecule has 0 N–H and O–H groups in total. The molecule has 0 saturated carbocycles. The van der Waals surface area contributed by atoms with Gasteiger partial charge in [-0.25, -0.2) is 9.29 Å². The Morgan fingerprint density at radius 2 is 1.52 bits per heavy atom. The summed E-state index contributed by atoms with van der Waals surface area (Å²) in [6.07, 6.45) is 0.793. The van der Waals surface area contributed by atoms with Gasteiger partial charge in [0.1, 0.15) is 11.5 Å². The van der Waals surface area contributed by atoms with Crippen molar-refractivity contribution in [3.63, 3.8) is 0 Å². The predicted octanol–water partition coefficient (Wildman–Crippen LogP) is 4.79. The number of hydrogen-bond acceptors (Lipinski definition) is 3. The molecule has 0 fully saturated rings. The number of nitrogens with zero attached hydrogens (tertiary/aromatic N) is 2. The second-order valence-corrected chi connectivity index (χ2v) is 8.05. The number of para-hydroxylation sites is 1. The zero-order valence-corrected chi connectivity index (χ0v) is 17.4. The van der Waals surface area contributed by atoms with E-state index in [2.05, 4.69) is 0 Å². The molecule has 0 unspecified atom stereocenters. The minimum absolute atomic E-state index is 0.306. The first kappa shape index (κ1) is 19.2. The number of imide groups is 1. The van der Waals surface area contributed by atoms with E-state index in [1.54, 1.807) is 12.1 Å². The molecule has 0 saturated heterocycles. The molecule has 154 valence electrons. The van der Waals surface area contributed by atoms with Crippen LogP contribution < -0.4 is 9.80 Å². The molecule has 5 heteroatoms. The number of amides is 2. The van der Waals surface area contributed by atoms with Crippen LogP contribution in [-0.2, 0) is 16.0 Å². The second-order valence-electron chi connectivity index (χ2n) is 8.05. The fraction of sp³-hybridized carbons (Fsp3) is 0.154. The van der Waals surface area contributed by atoms with Gasteiger partial charge >= 0.3 is 0 Å². The Kier molecular flexibility index (Phi) is 4.47. The summed E-state index contributed by atoms with van der Waals surface area (Å²) in [6, 6.07) is 19.3. The number of anilines is 2. The Morgan fingerprint density at radius 1 is 0.839 bits per heavy atom. The Balaban J connectivity index is 1.69. The zero-order valence-electron chi connectivity index (χ0n) is 17.4. The molecule has 0 bridgehead atoms. The Hall–Kier alpha value is -3.73. The highest BCUT2D eigenvalue weighted by Crippen LogP contribution is 2.40. The van der Waals surface area contributed by atoms with Crippen LogP contribution in [0.3, 0.4) is 0 Å². The van der Waals surface area contributed by atoms with Crippen LogP contribution >= 0.6 is 0 Å². The highest BCUT2D eigenvalue weighted by molar-refractivity contribution is 6.46. The van der Waals surface area contributed by atoms with Crippen molar-refractivity contribution in [1.29, 1.82) is 0 Å². The number of aryl methyl sites for hydroxylation is 2. The van der Waals surface area contributed by atoms with Crippen LogP contribution in [0, 0.1) is 19.7 Å². The summed E-state index contributed by atoms with van der Waals surface area (Å²) in [5.41, 5.74) is 5.75. The lowest BCUT2D eigenvalue weighted by Gasteiger charge is -2.22. The van der Waals surface area contributed by atoms with Crippen molar-refractivity contribution in [2.24, 2.45) is 0 Å². The molecule has 0 radical (unpaired) electrons. The minimum atomic E-state index is -0.389. The van der Waals surface area contributed by atoms with Gasteiger partial charge in [-0.15, -0.1) is 0 Å². The van der Waals surface area contributed by atoms with Crippen LogP contribution in [0.15, 0.2) is 72.4 Å². The molecule has 2 aliphatic heterocycles. The van der Waals surface area contributed by atoms with Crippen LogP contribution in [0.4, 0.5) is 15.8 Å². The summed E-state index contributed by atoms with van der Waals surface area (Å²) in [6.45, 7) is 4.49. The van der Waals surface area contributed by atoms with E-state index in [4.69, 9.17) is 0 Å². The lowest BCUT2D eigenvalue weighted by Crippen LogP contribution is -2.35. The van der Waals surface area contributed by atoms with E-state index >= 15 is 0 Å². The van der Waals surface area contributed by atoms with E-state index in [-0.39, 0.29) is 17.6 Å². The van der Waals surface area contributed by atoms with Crippen molar-refractivity contribution in [2.75, 3.05) is 16.3 Å². The monoisotopic (exact) mass is 412 g/mol. The van der Waals surface area contributed by atoms with Crippen LogP contribution in [0.5, 0.6) is 0 Å². The molecule has 3 aromatic carbocycles. The maximum atomic E-state index is 13.7. The van der Waals surface area contributed by atoms with Gasteiger partial charge in [0.05, 0.1) is 11.3 Å². The van der Waals surface area contributed by atoms with Gasteiger partial charge in [-0.1, -0.05) is 36.4 Å². The molecular weight excluding hydrogens is 391 g/mol. The fourth-order valence-electron chi connectivity index (χ4n) is 4.53. The summed E-state index contributed by atoms with van der Waals surface area (Å²) in [5.74, 6) is -1.13. The molecule has 3 aromatic rings. The third-order valence-electron chi connectivity index (χ3n) is 5.81. The van der Waals surface area contributed by atoms with E-state index in [1.807, 2.05) is 61.2 Å². The molecule has 2 amide bonds. The maximum absolute atomic E-state index is 13.7. The predicted molar refractivity (Wildman–Crippen MR) is 119 cm³/mol. The van der Waals surface area contributed by atoms with Gasteiger partial charge in [0, 0.05) is 12.2 Å². The summed E-state index contributed by atoms with van der Waals surface area (Å²) in [5, 5.41) is 0. The van der Waals surface area contributed by atoms with Crippen LogP contribution in [0.1, 0.15) is 22.3 Å². The van der Waals surface area contributed by atoms with Crippen LogP contribution in [-0.4, -0.2) is 18.4 Å². The Bertz CT molecular complexity index is 1240. The molecule has 0 atom stereocenters. The van der Waals surface area contributed by atoms with Gasteiger partial charge < -0.3 is 4.90 Å². The second kappa shape index (κ2) is 7.20. The molecule has 2 aliphatic rings. The number of hydrogen-bond donors (Lipinski definition) is 0. The number of fused-ring (bicyclic) bond motifs is 1. The van der Waals surface area contributed by atoms with Gasteiger partial charge in [-0.2, -0.15) is 0 Å². The lowest BCUT2D eigenvalue weighted by molar-refractivity contribution is -0.120. The molecule has 31 heavy (non-hydrogen) atoms. The largest absolute Gasteiger partial charge is 0.336 e. The lowest BCUT2D eigenvalue weighted by atomic mass is 10.0. The molecule has 0 aromatic heterocycles. The van der Waals surface area contributed by atoms with Crippen molar-refractivity contribution < 1.29 is 14.0 Å². The molecule has 4 nitrogen and oxygen atoms in total. The summed E-state index contributed by atoms with van der Waals surface area (Å²) in [7, 11) is 0. The van der Waals surface area contributed by atoms with E-state index in [9.17, 15) is 14.0 Å². The SMILES string of the molecule is Cc1cc(C)cc(N2C(=O)C(c3ccc(F)cc3)=C(N3CCc4ccccc43)C2=O)c1. The van der Waals surface area contributed by atoms with E-state index in [0.29, 0.717) is 29.1 Å². The molecule has 2 heterocycles. The number of rotatable bonds is 3. The van der Waals surface area contributed by atoms with Gasteiger partial charge in [-0.3, -0.25) is 9.59 Å². The highest BCUT2D eigenvalue weighted by atomic mass is 19.1. The standard InChI is InChI=1S/C26H21FN2O2/c1-16-13-17(2)15-21(14-16)29-25(30)23(19-7-9-20(27)10-8-19)24(26(29)31)28-12-11-18-5-3-4-6-22(18)28/h3-10,13-15H,11-12H2,1-2H3. The third kappa shape index (κ3) is 3.13. The molecule has 0 aliphatic carbocycles. The zero-order chi connectivity index (χ0) is 21.7. The first-order valence-electron chi connectivity index (χ1n) is 10.3. The van der Waals surface area contributed by atoms with Crippen molar-refractivity contribution >= 4 is 28.8 Å². The first-order valence-corrected chi connectivity index (χ1v) is 10.3. The van der Waals surface area contributed by atoms with E-state index < -0.39 is 0 Å². The minimum Gasteiger partial charge on any atom is -0.336 e. The van der Waals surface area contributed by atoms with Gasteiger partial charge in [0.15, 0.2) is 0 Å². The number of benzene rings is 3. The van der Waals surface area contributed by atoms with Gasteiger partial charge in [-0.05, 0) is 72.9 Å². The fourth-order valence-corrected chi connectivity index (χ4v) is 4.53. The normalized spacial score (nSPS) is 15.8. The van der Waals surface area contributed by atoms with Gasteiger partial charge in [0.25, 0.3) is 11.8 Å². The Labute approximate surface area is 180 Å². The highest BCUT2D eigenvalue weighted by Gasteiger charge is 2.44. The quantitative estimate of drug-likeness (QED) is 0.581. The average molecular weight is 412 g/mol. The van der Waals surface area contributed by atoms with Crippen molar-refractivity contribution in [3.05, 3.63) is 100 Å². The van der Waals surface area contributed by atoms with E-state index in [1.165, 1.54) is 17.0 Å². The maximum Gasteiger partial charge on any atom is 0.282 e. The first-order chi connectivity index (χ1) is 14.9. The third-order valence-corrected chi connectivity index (χ3v) is 5.81. The number of halogens is 1. The van der Waals surface area contributed by atoms with Crippen molar-refractivity contribution in [1.82, 2.24) is 0 Å².